The van der Waals surface area contributed by atoms with Crippen molar-refractivity contribution in [3.63, 3.8) is 0 Å². The van der Waals surface area contributed by atoms with Crippen molar-refractivity contribution in [3.8, 4) is 5.75 Å². The van der Waals surface area contributed by atoms with Crippen LogP contribution in [-0.4, -0.2) is 36.6 Å². The second-order valence-electron chi connectivity index (χ2n) is 5.28. The third-order valence-electron chi connectivity index (χ3n) is 3.43. The second kappa shape index (κ2) is 9.56. The molecule has 0 heterocycles. The van der Waals surface area contributed by atoms with Crippen molar-refractivity contribution in [1.29, 1.82) is 0 Å². The zero-order chi connectivity index (χ0) is 19.8. The number of amides is 2. The molecule has 0 bridgehead atoms. The summed E-state index contributed by atoms with van der Waals surface area (Å²) in [4.78, 5) is 35.7. The number of halogens is 1. The Kier molecular flexibility index (Phi) is 7.16. The minimum atomic E-state index is -0.732. The van der Waals surface area contributed by atoms with Gasteiger partial charge in [0.2, 0.25) is 0 Å². The maximum Gasteiger partial charge on any atom is 0.338 e. The van der Waals surface area contributed by atoms with Crippen LogP contribution in [0.2, 0.25) is 5.02 Å². The highest BCUT2D eigenvalue weighted by Crippen LogP contribution is 2.22. The summed E-state index contributed by atoms with van der Waals surface area (Å²) in [5.74, 6) is -1.81. The summed E-state index contributed by atoms with van der Waals surface area (Å²) < 4.78 is 9.91. The van der Waals surface area contributed by atoms with Gasteiger partial charge >= 0.3 is 5.97 Å². The lowest BCUT2D eigenvalue weighted by molar-refractivity contribution is -0.125. The van der Waals surface area contributed by atoms with Crippen LogP contribution in [-0.2, 0) is 16.1 Å². The van der Waals surface area contributed by atoms with E-state index in [4.69, 9.17) is 26.2 Å². The predicted octanol–water partition coefficient (Wildman–Crippen LogP) is 1.46. The van der Waals surface area contributed by atoms with Crippen LogP contribution in [0, 0.1) is 0 Å². The fourth-order valence-electron chi connectivity index (χ4n) is 2.05. The Balaban J connectivity index is 1.84. The number of hydrogen-bond acceptors (Lipinski definition) is 6. The van der Waals surface area contributed by atoms with Crippen LogP contribution < -0.4 is 15.6 Å². The topological polar surface area (TPSA) is 114 Å². The molecule has 0 aliphatic carbocycles. The van der Waals surface area contributed by atoms with Crippen molar-refractivity contribution < 1.29 is 29.0 Å². The van der Waals surface area contributed by atoms with Gasteiger partial charge in [0.05, 0.1) is 24.8 Å². The molecule has 3 N–H and O–H groups in total. The van der Waals surface area contributed by atoms with E-state index in [9.17, 15) is 14.4 Å². The lowest BCUT2D eigenvalue weighted by atomic mass is 10.1. The lowest BCUT2D eigenvalue weighted by Crippen LogP contribution is -2.43. The molecule has 0 radical (unpaired) electrons. The fourth-order valence-corrected chi connectivity index (χ4v) is 2.22. The summed E-state index contributed by atoms with van der Waals surface area (Å²) in [5, 5.41) is 9.29. The summed E-state index contributed by atoms with van der Waals surface area (Å²) in [5.41, 5.74) is 5.31. The summed E-state index contributed by atoms with van der Waals surface area (Å²) in [6.45, 7) is -0.734. The highest BCUT2D eigenvalue weighted by molar-refractivity contribution is 6.31. The van der Waals surface area contributed by atoms with E-state index in [1.807, 2.05) is 0 Å². The minimum absolute atomic E-state index is 0.131. The average Bonchev–Trinajstić information content (AvgIpc) is 2.70. The van der Waals surface area contributed by atoms with E-state index >= 15 is 0 Å². The quantitative estimate of drug-likeness (QED) is 0.506. The van der Waals surface area contributed by atoms with E-state index in [1.54, 1.807) is 18.2 Å². The standard InChI is InChI=1S/C18H17ClN2O6/c1-26-15-7-6-13(19)8-14(15)17(24)21-20-16(23)10-27-18(25)12-4-2-11(9-22)3-5-12/h2-8,22H,9-10H2,1H3,(H,20,23)(H,21,24). The fraction of sp³-hybridized carbons (Fsp3) is 0.167. The number of hydrogen-bond donors (Lipinski definition) is 3. The van der Waals surface area contributed by atoms with Crippen molar-refractivity contribution in [2.24, 2.45) is 0 Å². The first kappa shape index (κ1) is 20.2. The zero-order valence-electron chi connectivity index (χ0n) is 14.3. The molecule has 0 aromatic heterocycles. The van der Waals surface area contributed by atoms with Gasteiger partial charge in [-0.25, -0.2) is 4.79 Å². The summed E-state index contributed by atoms with van der Waals surface area (Å²) in [6.07, 6.45) is 0. The van der Waals surface area contributed by atoms with E-state index in [2.05, 4.69) is 10.9 Å². The Bertz CT molecular complexity index is 838. The van der Waals surface area contributed by atoms with Crippen LogP contribution in [0.15, 0.2) is 42.5 Å². The molecule has 0 unspecified atom stereocenters. The predicted molar refractivity (Wildman–Crippen MR) is 96.3 cm³/mol. The van der Waals surface area contributed by atoms with Gasteiger partial charge in [-0.15, -0.1) is 0 Å². The molecule has 9 heteroatoms. The van der Waals surface area contributed by atoms with Gasteiger partial charge in [-0.3, -0.25) is 20.4 Å². The van der Waals surface area contributed by atoms with E-state index in [-0.39, 0.29) is 23.5 Å². The van der Waals surface area contributed by atoms with Gasteiger partial charge in [-0.05, 0) is 35.9 Å². The molecule has 0 spiro atoms. The van der Waals surface area contributed by atoms with Gasteiger partial charge in [-0.1, -0.05) is 23.7 Å². The van der Waals surface area contributed by atoms with Crippen LogP contribution in [0.1, 0.15) is 26.3 Å². The number of benzene rings is 2. The number of esters is 1. The molecule has 2 rings (SSSR count). The van der Waals surface area contributed by atoms with Crippen LogP contribution in [0.3, 0.4) is 0 Å². The van der Waals surface area contributed by atoms with Crippen LogP contribution in [0.4, 0.5) is 0 Å². The largest absolute Gasteiger partial charge is 0.496 e. The Morgan fingerprint density at radius 3 is 2.41 bits per heavy atom. The monoisotopic (exact) mass is 392 g/mol. The van der Waals surface area contributed by atoms with Crippen molar-refractivity contribution in [2.75, 3.05) is 13.7 Å². The number of methoxy groups -OCH3 is 1. The van der Waals surface area contributed by atoms with Gasteiger partial charge in [-0.2, -0.15) is 0 Å². The Morgan fingerprint density at radius 1 is 1.07 bits per heavy atom. The highest BCUT2D eigenvalue weighted by atomic mass is 35.5. The first-order valence-corrected chi connectivity index (χ1v) is 8.12. The summed E-state index contributed by atoms with van der Waals surface area (Å²) in [7, 11) is 1.39. The van der Waals surface area contributed by atoms with Crippen LogP contribution in [0.25, 0.3) is 0 Å². The maximum atomic E-state index is 12.1. The summed E-state index contributed by atoms with van der Waals surface area (Å²) >= 11 is 5.85. The first-order valence-electron chi connectivity index (χ1n) is 7.74. The number of rotatable bonds is 6. The van der Waals surface area contributed by atoms with Crippen molar-refractivity contribution in [2.45, 2.75) is 6.61 Å². The zero-order valence-corrected chi connectivity index (χ0v) is 15.1. The van der Waals surface area contributed by atoms with Gasteiger partial charge in [0.25, 0.3) is 11.8 Å². The number of hydrazine groups is 1. The van der Waals surface area contributed by atoms with E-state index < -0.39 is 24.4 Å². The van der Waals surface area contributed by atoms with Crippen molar-refractivity contribution >= 4 is 29.4 Å². The first-order chi connectivity index (χ1) is 12.9. The van der Waals surface area contributed by atoms with Gasteiger partial charge in [0.1, 0.15) is 5.75 Å². The molecule has 142 valence electrons. The number of aliphatic hydroxyl groups excluding tert-OH is 1. The SMILES string of the molecule is COc1ccc(Cl)cc1C(=O)NNC(=O)COC(=O)c1ccc(CO)cc1. The Morgan fingerprint density at radius 2 is 1.78 bits per heavy atom. The van der Waals surface area contributed by atoms with E-state index in [0.717, 1.165) is 0 Å². The lowest BCUT2D eigenvalue weighted by Gasteiger charge is -2.11. The molecule has 0 aliphatic rings. The molecule has 2 aromatic rings. The number of nitrogens with one attached hydrogen (secondary N) is 2. The molecular weight excluding hydrogens is 376 g/mol. The second-order valence-corrected chi connectivity index (χ2v) is 5.71. The van der Waals surface area contributed by atoms with Crippen molar-refractivity contribution in [3.05, 3.63) is 64.2 Å². The number of carbonyl (C=O) groups is 3. The van der Waals surface area contributed by atoms with E-state index in [0.29, 0.717) is 10.6 Å². The van der Waals surface area contributed by atoms with Gasteiger partial charge in [0.15, 0.2) is 6.61 Å². The summed E-state index contributed by atoms with van der Waals surface area (Å²) in [6, 6.07) is 10.5. The highest BCUT2D eigenvalue weighted by Gasteiger charge is 2.15. The number of ether oxygens (including phenoxy) is 2. The molecule has 27 heavy (non-hydrogen) atoms. The van der Waals surface area contributed by atoms with E-state index in [1.165, 1.54) is 31.4 Å². The molecule has 0 saturated carbocycles. The maximum absolute atomic E-state index is 12.1. The third-order valence-corrected chi connectivity index (χ3v) is 3.66. The van der Waals surface area contributed by atoms with Gasteiger partial charge in [0, 0.05) is 5.02 Å². The Labute approximate surface area is 160 Å². The molecule has 0 saturated heterocycles. The smallest absolute Gasteiger partial charge is 0.338 e. The minimum Gasteiger partial charge on any atom is -0.496 e. The number of carbonyl (C=O) groups excluding carboxylic acids is 3. The molecule has 2 aromatic carbocycles. The normalized spacial score (nSPS) is 10.0. The van der Waals surface area contributed by atoms with Crippen molar-refractivity contribution in [1.82, 2.24) is 10.9 Å². The van der Waals surface area contributed by atoms with Crippen LogP contribution in [0.5, 0.6) is 5.75 Å². The Hall–Kier alpha value is -3.10. The molecule has 8 nitrogen and oxygen atoms in total. The molecule has 2 amide bonds. The molecule has 0 atom stereocenters. The van der Waals surface area contributed by atoms with Gasteiger partial charge < -0.3 is 14.6 Å². The molecule has 0 fully saturated rings. The molecule has 0 aliphatic heterocycles. The molecular formula is C18H17ClN2O6. The number of aliphatic hydroxyl groups is 1. The average molecular weight is 393 g/mol. The van der Waals surface area contributed by atoms with Crippen LogP contribution >= 0.6 is 11.6 Å². The third kappa shape index (κ3) is 5.70.